The van der Waals surface area contributed by atoms with Gasteiger partial charge in [-0.1, -0.05) is 57.7 Å². The Morgan fingerprint density at radius 1 is 0.773 bits per heavy atom. The quantitative estimate of drug-likeness (QED) is 0.129. The molecule has 1 heterocycles. The molecular formula is C39H51N3O2. The Labute approximate surface area is 265 Å². The van der Waals surface area contributed by atoms with Crippen molar-refractivity contribution in [3.8, 4) is 34.2 Å². The van der Waals surface area contributed by atoms with Gasteiger partial charge in [-0.15, -0.1) is 0 Å². The molecule has 234 valence electrons. The second-order valence-electron chi connectivity index (χ2n) is 12.4. The van der Waals surface area contributed by atoms with Crippen LogP contribution in [0.1, 0.15) is 89.4 Å². The van der Waals surface area contributed by atoms with Crippen molar-refractivity contribution in [3.63, 3.8) is 0 Å². The van der Waals surface area contributed by atoms with Gasteiger partial charge in [0.25, 0.3) is 0 Å². The van der Waals surface area contributed by atoms with Gasteiger partial charge in [0.15, 0.2) is 0 Å². The minimum absolute atomic E-state index is 0.471. The molecule has 1 aliphatic carbocycles. The smallest absolute Gasteiger partial charge is 0.127 e. The van der Waals surface area contributed by atoms with Crippen molar-refractivity contribution in [3.05, 3.63) is 90.4 Å². The summed E-state index contributed by atoms with van der Waals surface area (Å²) >= 11 is 0. The van der Waals surface area contributed by atoms with Crippen molar-refractivity contribution in [1.29, 1.82) is 0 Å². The fourth-order valence-electron chi connectivity index (χ4n) is 6.39. The Bertz CT molecular complexity index is 1400. The molecule has 0 unspecified atom stereocenters. The van der Waals surface area contributed by atoms with Gasteiger partial charge in [0, 0.05) is 29.9 Å². The largest absolute Gasteiger partial charge is 0.494 e. The maximum Gasteiger partial charge on any atom is 0.127 e. The standard InChI is InChI=1S/C39H51N3O2/c1-5-8-10-31-13-15-33(16-14-31)39-40-38(32-17-23-35(24-18-32)43-28-9-27-41(6-2)7-3)29-42(39)34-19-25-37(26-20-34)44-36-21-11-30(4)12-22-36/h11-12,17-26,29,31,33H,5-10,13-16,27-28H2,1-4H3. The third-order valence-electron chi connectivity index (χ3n) is 9.21. The van der Waals surface area contributed by atoms with Gasteiger partial charge >= 0.3 is 0 Å². The molecule has 1 aliphatic rings. The van der Waals surface area contributed by atoms with Crippen molar-refractivity contribution >= 4 is 0 Å². The van der Waals surface area contributed by atoms with Crippen molar-refractivity contribution in [2.75, 3.05) is 26.2 Å². The zero-order valence-electron chi connectivity index (χ0n) is 27.3. The molecule has 0 bridgehead atoms. The summed E-state index contributed by atoms with van der Waals surface area (Å²) in [4.78, 5) is 7.73. The summed E-state index contributed by atoms with van der Waals surface area (Å²) in [5, 5.41) is 0. The van der Waals surface area contributed by atoms with Crippen molar-refractivity contribution in [1.82, 2.24) is 14.5 Å². The zero-order chi connectivity index (χ0) is 30.7. The molecule has 1 saturated carbocycles. The summed E-state index contributed by atoms with van der Waals surface area (Å²) in [5.41, 5.74) is 4.48. The first-order valence-corrected chi connectivity index (χ1v) is 17.0. The average Bonchev–Trinajstić information content (AvgIpc) is 3.51. The summed E-state index contributed by atoms with van der Waals surface area (Å²) in [6, 6.07) is 25.1. The van der Waals surface area contributed by atoms with Crippen LogP contribution in [-0.4, -0.2) is 40.7 Å². The van der Waals surface area contributed by atoms with Crippen LogP contribution in [0, 0.1) is 12.8 Å². The molecule has 0 amide bonds. The maximum absolute atomic E-state index is 6.12. The summed E-state index contributed by atoms with van der Waals surface area (Å²) < 4.78 is 14.5. The lowest BCUT2D eigenvalue weighted by atomic mass is 9.79. The predicted molar refractivity (Wildman–Crippen MR) is 182 cm³/mol. The number of ether oxygens (including phenoxy) is 2. The number of hydrogen-bond donors (Lipinski definition) is 0. The maximum atomic E-state index is 6.12. The van der Waals surface area contributed by atoms with Crippen LogP contribution in [0.3, 0.4) is 0 Å². The molecule has 4 aromatic rings. The van der Waals surface area contributed by atoms with E-state index >= 15 is 0 Å². The molecule has 5 nitrogen and oxygen atoms in total. The first-order valence-electron chi connectivity index (χ1n) is 17.0. The van der Waals surface area contributed by atoms with Gasteiger partial charge in [-0.25, -0.2) is 4.98 Å². The predicted octanol–water partition coefficient (Wildman–Crippen LogP) is 10.2. The van der Waals surface area contributed by atoms with Crippen molar-refractivity contribution in [2.45, 2.75) is 85.0 Å². The number of rotatable bonds is 15. The minimum atomic E-state index is 0.471. The van der Waals surface area contributed by atoms with E-state index in [1.165, 1.54) is 56.3 Å². The van der Waals surface area contributed by atoms with Crippen LogP contribution < -0.4 is 9.47 Å². The van der Waals surface area contributed by atoms with Crippen molar-refractivity contribution < 1.29 is 9.47 Å². The van der Waals surface area contributed by atoms with E-state index in [-0.39, 0.29) is 0 Å². The van der Waals surface area contributed by atoms with Crippen LogP contribution in [0.2, 0.25) is 0 Å². The molecule has 5 heteroatoms. The second kappa shape index (κ2) is 15.9. The van der Waals surface area contributed by atoms with E-state index in [9.17, 15) is 0 Å². The highest BCUT2D eigenvalue weighted by Crippen LogP contribution is 2.39. The Morgan fingerprint density at radius 2 is 1.41 bits per heavy atom. The molecule has 0 saturated heterocycles. The van der Waals surface area contributed by atoms with Gasteiger partial charge in [0.1, 0.15) is 23.1 Å². The molecule has 0 aliphatic heterocycles. The molecule has 0 spiro atoms. The van der Waals surface area contributed by atoms with Gasteiger partial charge in [-0.2, -0.15) is 0 Å². The number of unbranched alkanes of at least 4 members (excludes halogenated alkanes) is 1. The fourth-order valence-corrected chi connectivity index (χ4v) is 6.39. The molecule has 5 rings (SSSR count). The van der Waals surface area contributed by atoms with E-state index in [0.717, 1.165) is 72.8 Å². The zero-order valence-corrected chi connectivity index (χ0v) is 27.3. The lowest BCUT2D eigenvalue weighted by Gasteiger charge is -2.28. The number of benzene rings is 3. The SMILES string of the molecule is CCCCC1CCC(c2nc(-c3ccc(OCCCN(CC)CC)cc3)cn2-c2ccc(Oc3ccc(C)cc3)cc2)CC1. The van der Waals surface area contributed by atoms with Crippen molar-refractivity contribution in [2.24, 2.45) is 5.92 Å². The third-order valence-corrected chi connectivity index (χ3v) is 9.21. The third kappa shape index (κ3) is 8.53. The fraction of sp³-hybridized carbons (Fsp3) is 0.462. The highest BCUT2D eigenvalue weighted by atomic mass is 16.5. The Morgan fingerprint density at radius 3 is 2.05 bits per heavy atom. The average molecular weight is 594 g/mol. The molecule has 0 atom stereocenters. The van der Waals surface area contributed by atoms with Gasteiger partial charge in [-0.05, 0) is 119 Å². The number of nitrogens with zero attached hydrogens (tertiary/aromatic N) is 3. The molecule has 44 heavy (non-hydrogen) atoms. The van der Waals surface area contributed by atoms with Crippen LogP contribution in [0.25, 0.3) is 16.9 Å². The molecule has 1 aromatic heterocycles. The molecule has 3 aromatic carbocycles. The number of aryl methyl sites for hydroxylation is 1. The summed E-state index contributed by atoms with van der Waals surface area (Å²) in [7, 11) is 0. The summed E-state index contributed by atoms with van der Waals surface area (Å²) in [6.07, 6.45) is 12.3. The molecular weight excluding hydrogens is 542 g/mol. The van der Waals surface area contributed by atoms with Crippen LogP contribution in [0.5, 0.6) is 17.2 Å². The lowest BCUT2D eigenvalue weighted by molar-refractivity contribution is 0.249. The first-order chi connectivity index (χ1) is 21.6. The number of imidazole rings is 1. The molecule has 0 radical (unpaired) electrons. The topological polar surface area (TPSA) is 39.5 Å². The van der Waals surface area contributed by atoms with Crippen LogP contribution in [0.15, 0.2) is 79.0 Å². The van der Waals surface area contributed by atoms with E-state index in [2.05, 4.69) is 104 Å². The van der Waals surface area contributed by atoms with E-state index < -0.39 is 0 Å². The highest BCUT2D eigenvalue weighted by molar-refractivity contribution is 5.61. The minimum Gasteiger partial charge on any atom is -0.494 e. The van der Waals surface area contributed by atoms with Gasteiger partial charge in [-0.3, -0.25) is 0 Å². The Kier molecular flexibility index (Phi) is 11.5. The normalized spacial score (nSPS) is 16.8. The second-order valence-corrected chi connectivity index (χ2v) is 12.4. The lowest BCUT2D eigenvalue weighted by Crippen LogP contribution is -2.25. The van der Waals surface area contributed by atoms with Crippen LogP contribution in [0.4, 0.5) is 0 Å². The van der Waals surface area contributed by atoms with Gasteiger partial charge in [0.2, 0.25) is 0 Å². The summed E-state index contributed by atoms with van der Waals surface area (Å²) in [5.74, 6) is 5.12. The molecule has 1 fully saturated rings. The van der Waals surface area contributed by atoms with E-state index in [0.29, 0.717) is 5.92 Å². The summed E-state index contributed by atoms with van der Waals surface area (Å²) in [6.45, 7) is 12.8. The van der Waals surface area contributed by atoms with E-state index in [1.54, 1.807) is 0 Å². The van der Waals surface area contributed by atoms with Gasteiger partial charge < -0.3 is 18.9 Å². The van der Waals surface area contributed by atoms with E-state index in [4.69, 9.17) is 14.5 Å². The molecule has 0 N–H and O–H groups in total. The number of aromatic nitrogens is 2. The monoisotopic (exact) mass is 593 g/mol. The van der Waals surface area contributed by atoms with Crippen LogP contribution in [-0.2, 0) is 0 Å². The highest BCUT2D eigenvalue weighted by Gasteiger charge is 2.26. The Balaban J connectivity index is 1.32. The first kappa shape index (κ1) is 31.8. The Hall–Kier alpha value is -3.57. The van der Waals surface area contributed by atoms with Gasteiger partial charge in [0.05, 0.1) is 12.3 Å². The van der Waals surface area contributed by atoms with Crippen LogP contribution >= 0.6 is 0 Å². The van der Waals surface area contributed by atoms with E-state index in [1.807, 2.05) is 12.1 Å². The number of hydrogen-bond acceptors (Lipinski definition) is 4.